The maximum atomic E-state index is 11.7. The molecule has 0 aliphatic heterocycles. The van der Waals surface area contributed by atoms with Gasteiger partial charge in [0.15, 0.2) is 5.78 Å². The normalized spacial score (nSPS) is 10.6. The number of ketones is 1. The lowest BCUT2D eigenvalue weighted by atomic mass is 10.0. The average molecular weight is 268 g/mol. The van der Waals surface area contributed by atoms with Gasteiger partial charge in [0.2, 0.25) is 0 Å². The standard InChI is InChI=1S/C18H20O2/c1-4-18(19)15-6-5-7-17(12-15)20-16-10-8-14(9-11-16)13(2)3/h5-13H,4H2,1-3H3. The van der Waals surface area contributed by atoms with Gasteiger partial charge >= 0.3 is 0 Å². The number of ether oxygens (including phenoxy) is 1. The molecule has 0 unspecified atom stereocenters. The largest absolute Gasteiger partial charge is 0.457 e. The Labute approximate surface area is 120 Å². The smallest absolute Gasteiger partial charge is 0.162 e. The van der Waals surface area contributed by atoms with Crippen LogP contribution >= 0.6 is 0 Å². The van der Waals surface area contributed by atoms with Crippen LogP contribution in [0.3, 0.4) is 0 Å². The average Bonchev–Trinajstić information content (AvgIpc) is 2.47. The van der Waals surface area contributed by atoms with Crippen LogP contribution in [0.5, 0.6) is 11.5 Å². The number of carbonyl (C=O) groups excluding carboxylic acids is 1. The minimum atomic E-state index is 0.130. The summed E-state index contributed by atoms with van der Waals surface area (Å²) in [5, 5.41) is 0. The molecule has 0 heterocycles. The Morgan fingerprint density at radius 1 is 1.05 bits per heavy atom. The molecular weight excluding hydrogens is 248 g/mol. The Morgan fingerprint density at radius 3 is 2.35 bits per heavy atom. The van der Waals surface area contributed by atoms with E-state index < -0.39 is 0 Å². The van der Waals surface area contributed by atoms with E-state index >= 15 is 0 Å². The summed E-state index contributed by atoms with van der Waals surface area (Å²) in [7, 11) is 0. The van der Waals surface area contributed by atoms with Crippen LogP contribution in [0, 0.1) is 0 Å². The van der Waals surface area contributed by atoms with Crippen LogP contribution in [0.25, 0.3) is 0 Å². The summed E-state index contributed by atoms with van der Waals surface area (Å²) < 4.78 is 5.80. The van der Waals surface area contributed by atoms with Gasteiger partial charge in [0, 0.05) is 12.0 Å². The molecule has 0 spiro atoms. The first-order valence-electron chi connectivity index (χ1n) is 7.01. The molecule has 2 rings (SSSR count). The summed E-state index contributed by atoms with van der Waals surface area (Å²) in [5.41, 5.74) is 1.98. The fraction of sp³-hybridized carbons (Fsp3) is 0.278. The summed E-state index contributed by atoms with van der Waals surface area (Å²) >= 11 is 0. The van der Waals surface area contributed by atoms with Crippen molar-refractivity contribution in [2.45, 2.75) is 33.1 Å². The van der Waals surface area contributed by atoms with Crippen LogP contribution in [-0.4, -0.2) is 5.78 Å². The molecule has 0 saturated carbocycles. The van der Waals surface area contributed by atoms with Gasteiger partial charge in [0.1, 0.15) is 11.5 Å². The molecule has 20 heavy (non-hydrogen) atoms. The van der Waals surface area contributed by atoms with Gasteiger partial charge in [-0.1, -0.05) is 45.0 Å². The van der Waals surface area contributed by atoms with Crippen molar-refractivity contribution in [1.29, 1.82) is 0 Å². The van der Waals surface area contributed by atoms with E-state index in [0.717, 1.165) is 5.75 Å². The summed E-state index contributed by atoms with van der Waals surface area (Å²) in [6.45, 7) is 6.19. The van der Waals surface area contributed by atoms with Gasteiger partial charge in [-0.05, 0) is 35.7 Å². The zero-order valence-electron chi connectivity index (χ0n) is 12.2. The number of carbonyl (C=O) groups is 1. The fourth-order valence-electron chi connectivity index (χ4n) is 1.99. The molecule has 0 aliphatic carbocycles. The SMILES string of the molecule is CCC(=O)c1cccc(Oc2ccc(C(C)C)cc2)c1. The van der Waals surface area contributed by atoms with Gasteiger partial charge in [0.25, 0.3) is 0 Å². The van der Waals surface area contributed by atoms with Crippen molar-refractivity contribution in [3.8, 4) is 11.5 Å². The van der Waals surface area contributed by atoms with Crippen molar-refractivity contribution in [2.24, 2.45) is 0 Å². The highest BCUT2D eigenvalue weighted by molar-refractivity contribution is 5.96. The van der Waals surface area contributed by atoms with Crippen LogP contribution in [0.15, 0.2) is 48.5 Å². The minimum absolute atomic E-state index is 0.130. The van der Waals surface area contributed by atoms with Crippen molar-refractivity contribution in [3.05, 3.63) is 59.7 Å². The van der Waals surface area contributed by atoms with E-state index in [2.05, 4.69) is 26.0 Å². The maximum absolute atomic E-state index is 11.7. The molecule has 0 bridgehead atoms. The Kier molecular flexibility index (Phi) is 4.57. The predicted octanol–water partition coefficient (Wildman–Crippen LogP) is 5.20. The summed E-state index contributed by atoms with van der Waals surface area (Å²) in [5.74, 6) is 2.12. The Hall–Kier alpha value is -2.09. The van der Waals surface area contributed by atoms with Crippen molar-refractivity contribution < 1.29 is 9.53 Å². The highest BCUT2D eigenvalue weighted by atomic mass is 16.5. The second-order valence-corrected chi connectivity index (χ2v) is 5.13. The lowest BCUT2D eigenvalue weighted by Gasteiger charge is -2.09. The zero-order chi connectivity index (χ0) is 14.5. The van der Waals surface area contributed by atoms with Crippen molar-refractivity contribution in [2.75, 3.05) is 0 Å². The molecule has 0 radical (unpaired) electrons. The van der Waals surface area contributed by atoms with Gasteiger partial charge in [-0.25, -0.2) is 0 Å². The molecule has 0 aromatic heterocycles. The molecular formula is C18H20O2. The number of benzene rings is 2. The second-order valence-electron chi connectivity index (χ2n) is 5.13. The second kappa shape index (κ2) is 6.38. The third kappa shape index (κ3) is 3.47. The van der Waals surface area contributed by atoms with Crippen LogP contribution in [-0.2, 0) is 0 Å². The molecule has 0 fully saturated rings. The Balaban J connectivity index is 2.15. The van der Waals surface area contributed by atoms with E-state index in [1.165, 1.54) is 5.56 Å². The van der Waals surface area contributed by atoms with Gasteiger partial charge < -0.3 is 4.74 Å². The number of rotatable bonds is 5. The lowest BCUT2D eigenvalue weighted by Crippen LogP contribution is -1.96. The molecule has 2 aromatic carbocycles. The van der Waals surface area contributed by atoms with Gasteiger partial charge in [-0.2, -0.15) is 0 Å². The van der Waals surface area contributed by atoms with E-state index in [9.17, 15) is 4.79 Å². The summed E-state index contributed by atoms with van der Waals surface area (Å²) in [4.78, 5) is 11.7. The van der Waals surface area contributed by atoms with E-state index in [4.69, 9.17) is 4.74 Å². The third-order valence-electron chi connectivity index (χ3n) is 3.26. The van der Waals surface area contributed by atoms with Gasteiger partial charge in [-0.15, -0.1) is 0 Å². The Morgan fingerprint density at radius 2 is 1.75 bits per heavy atom. The first-order valence-corrected chi connectivity index (χ1v) is 7.01. The highest BCUT2D eigenvalue weighted by Gasteiger charge is 2.05. The quantitative estimate of drug-likeness (QED) is 0.697. The zero-order valence-corrected chi connectivity index (χ0v) is 12.2. The highest BCUT2D eigenvalue weighted by Crippen LogP contribution is 2.24. The fourth-order valence-corrected chi connectivity index (χ4v) is 1.99. The molecule has 0 amide bonds. The minimum Gasteiger partial charge on any atom is -0.457 e. The molecule has 0 saturated heterocycles. The monoisotopic (exact) mass is 268 g/mol. The van der Waals surface area contributed by atoms with E-state index in [-0.39, 0.29) is 5.78 Å². The Bertz CT molecular complexity index is 583. The molecule has 0 aliphatic rings. The molecule has 2 nitrogen and oxygen atoms in total. The van der Waals surface area contributed by atoms with Gasteiger partial charge in [0.05, 0.1) is 0 Å². The van der Waals surface area contributed by atoms with Crippen molar-refractivity contribution in [1.82, 2.24) is 0 Å². The summed E-state index contributed by atoms with van der Waals surface area (Å²) in [6.07, 6.45) is 0.506. The number of Topliss-reactive ketones (excluding diaryl/α,β-unsaturated/α-hetero) is 1. The van der Waals surface area contributed by atoms with Gasteiger partial charge in [-0.3, -0.25) is 4.79 Å². The van der Waals surface area contributed by atoms with Crippen molar-refractivity contribution >= 4 is 5.78 Å². The molecule has 104 valence electrons. The molecule has 2 aromatic rings. The molecule has 2 heteroatoms. The van der Waals surface area contributed by atoms with Crippen LogP contribution < -0.4 is 4.74 Å². The number of hydrogen-bond donors (Lipinski definition) is 0. The van der Waals surface area contributed by atoms with E-state index in [1.54, 1.807) is 6.07 Å². The molecule has 0 N–H and O–H groups in total. The predicted molar refractivity (Wildman–Crippen MR) is 81.7 cm³/mol. The van der Waals surface area contributed by atoms with Crippen molar-refractivity contribution in [3.63, 3.8) is 0 Å². The van der Waals surface area contributed by atoms with Crippen LogP contribution in [0.2, 0.25) is 0 Å². The summed E-state index contributed by atoms with van der Waals surface area (Å²) in [6, 6.07) is 15.4. The third-order valence-corrected chi connectivity index (χ3v) is 3.26. The van der Waals surface area contributed by atoms with Crippen LogP contribution in [0.1, 0.15) is 49.0 Å². The maximum Gasteiger partial charge on any atom is 0.162 e. The van der Waals surface area contributed by atoms with Crippen LogP contribution in [0.4, 0.5) is 0 Å². The topological polar surface area (TPSA) is 26.3 Å². The first kappa shape index (κ1) is 14.3. The van der Waals surface area contributed by atoms with E-state index in [1.807, 2.05) is 37.3 Å². The molecule has 0 atom stereocenters. The van der Waals surface area contributed by atoms with E-state index in [0.29, 0.717) is 23.7 Å². The first-order chi connectivity index (χ1) is 9.60. The number of hydrogen-bond acceptors (Lipinski definition) is 2. The lowest BCUT2D eigenvalue weighted by molar-refractivity contribution is 0.0988.